The second-order valence-corrected chi connectivity index (χ2v) is 8.88. The Balaban J connectivity index is 1.58. The van der Waals surface area contributed by atoms with Gasteiger partial charge < -0.3 is 20.3 Å². The largest absolute Gasteiger partial charge is 0.396 e. The Bertz CT molecular complexity index is 837. The SMILES string of the molecule is COCCC(=O)N1CCN(c2nc(C3CC3)c(C3C=NN(C)C3)c(C)c2N)C[C@H]1C. The maximum Gasteiger partial charge on any atom is 0.225 e. The molecule has 8 heteroatoms. The molecule has 4 rings (SSSR count). The smallest absolute Gasteiger partial charge is 0.225 e. The zero-order valence-electron chi connectivity index (χ0n) is 18.6. The number of carbonyl (C=O) groups is 1. The van der Waals surface area contributed by atoms with Crippen LogP contribution in [0.5, 0.6) is 0 Å². The Labute approximate surface area is 179 Å². The third kappa shape index (κ3) is 3.97. The van der Waals surface area contributed by atoms with Gasteiger partial charge in [-0.2, -0.15) is 5.10 Å². The standard InChI is InChI=1S/C22H34N6O2/c1-14-12-27(8-9-28(14)18(29)7-10-30-4)22-20(23)15(2)19(17-11-24-26(3)13-17)21(25-22)16-5-6-16/h11,14,16-17H,5-10,12-13,23H2,1-4H3/t14-,17?/m1/s1. The number of nitrogen functional groups attached to an aromatic ring is 1. The lowest BCUT2D eigenvalue weighted by Crippen LogP contribution is -2.54. The Hall–Kier alpha value is -2.35. The average Bonchev–Trinajstić information content (AvgIpc) is 3.48. The summed E-state index contributed by atoms with van der Waals surface area (Å²) < 4.78 is 5.06. The highest BCUT2D eigenvalue weighted by Gasteiger charge is 2.36. The predicted molar refractivity (Wildman–Crippen MR) is 119 cm³/mol. The van der Waals surface area contributed by atoms with Crippen LogP contribution in [0.25, 0.3) is 0 Å². The van der Waals surface area contributed by atoms with E-state index in [1.54, 1.807) is 7.11 Å². The summed E-state index contributed by atoms with van der Waals surface area (Å²) >= 11 is 0. The molecule has 0 spiro atoms. The van der Waals surface area contributed by atoms with Gasteiger partial charge in [-0.15, -0.1) is 0 Å². The molecule has 0 radical (unpaired) electrons. The second kappa shape index (κ2) is 8.41. The third-order valence-corrected chi connectivity index (χ3v) is 6.56. The number of piperazine rings is 1. The Morgan fingerprint density at radius 1 is 1.30 bits per heavy atom. The molecule has 3 heterocycles. The summed E-state index contributed by atoms with van der Waals surface area (Å²) in [7, 11) is 3.63. The molecule has 164 valence electrons. The monoisotopic (exact) mass is 414 g/mol. The first-order valence-electron chi connectivity index (χ1n) is 11.0. The first-order valence-corrected chi connectivity index (χ1v) is 11.0. The van der Waals surface area contributed by atoms with Crippen molar-refractivity contribution < 1.29 is 9.53 Å². The van der Waals surface area contributed by atoms with Gasteiger partial charge in [-0.1, -0.05) is 0 Å². The molecule has 30 heavy (non-hydrogen) atoms. The van der Waals surface area contributed by atoms with Crippen molar-refractivity contribution in [3.05, 3.63) is 16.8 Å². The van der Waals surface area contributed by atoms with E-state index in [1.807, 2.05) is 23.2 Å². The van der Waals surface area contributed by atoms with Gasteiger partial charge in [0.2, 0.25) is 5.91 Å². The molecule has 1 saturated carbocycles. The number of hydrogen-bond acceptors (Lipinski definition) is 7. The van der Waals surface area contributed by atoms with E-state index in [-0.39, 0.29) is 17.9 Å². The van der Waals surface area contributed by atoms with Crippen molar-refractivity contribution in [2.45, 2.75) is 51.0 Å². The van der Waals surface area contributed by atoms with Crippen molar-refractivity contribution in [2.75, 3.05) is 57.6 Å². The van der Waals surface area contributed by atoms with Crippen LogP contribution >= 0.6 is 0 Å². The lowest BCUT2D eigenvalue weighted by molar-refractivity contribution is -0.134. The molecular weight excluding hydrogens is 380 g/mol. The van der Waals surface area contributed by atoms with Gasteiger partial charge in [0.1, 0.15) is 0 Å². The molecule has 3 aliphatic rings. The first kappa shape index (κ1) is 20.9. The van der Waals surface area contributed by atoms with Gasteiger partial charge in [-0.25, -0.2) is 4.98 Å². The van der Waals surface area contributed by atoms with Gasteiger partial charge in [0.25, 0.3) is 0 Å². The van der Waals surface area contributed by atoms with Crippen LogP contribution in [0.15, 0.2) is 5.10 Å². The fraction of sp³-hybridized carbons (Fsp3) is 0.682. The molecule has 0 bridgehead atoms. The molecular formula is C22H34N6O2. The molecule has 1 aromatic rings. The number of rotatable bonds is 6. The molecule has 2 atom stereocenters. The normalized spacial score (nSPS) is 24.1. The highest BCUT2D eigenvalue weighted by molar-refractivity contribution is 5.78. The molecule has 2 N–H and O–H groups in total. The van der Waals surface area contributed by atoms with Gasteiger partial charge >= 0.3 is 0 Å². The molecule has 1 saturated heterocycles. The molecule has 2 fully saturated rings. The van der Waals surface area contributed by atoms with Gasteiger partial charge in [0.05, 0.1) is 24.4 Å². The molecule has 1 amide bonds. The van der Waals surface area contributed by atoms with Crippen molar-refractivity contribution in [3.8, 4) is 0 Å². The number of hydrogen-bond donors (Lipinski definition) is 1. The van der Waals surface area contributed by atoms with E-state index < -0.39 is 0 Å². The summed E-state index contributed by atoms with van der Waals surface area (Å²) in [5.41, 5.74) is 11.0. The van der Waals surface area contributed by atoms with E-state index in [1.165, 1.54) is 24.1 Å². The van der Waals surface area contributed by atoms with Crippen LogP contribution in [0.4, 0.5) is 11.5 Å². The van der Waals surface area contributed by atoms with Crippen molar-refractivity contribution in [2.24, 2.45) is 5.10 Å². The lowest BCUT2D eigenvalue weighted by Gasteiger charge is -2.41. The lowest BCUT2D eigenvalue weighted by atomic mass is 9.91. The summed E-state index contributed by atoms with van der Waals surface area (Å²) in [5.74, 6) is 1.83. The quantitative estimate of drug-likeness (QED) is 0.765. The van der Waals surface area contributed by atoms with Crippen molar-refractivity contribution in [1.29, 1.82) is 0 Å². The summed E-state index contributed by atoms with van der Waals surface area (Å²) in [5, 5.41) is 6.42. The van der Waals surface area contributed by atoms with E-state index in [0.29, 0.717) is 25.5 Å². The number of amides is 1. The van der Waals surface area contributed by atoms with Gasteiger partial charge in [-0.3, -0.25) is 9.80 Å². The van der Waals surface area contributed by atoms with E-state index in [0.717, 1.165) is 36.7 Å². The van der Waals surface area contributed by atoms with Gasteiger partial charge in [-0.05, 0) is 37.8 Å². The number of anilines is 2. The summed E-state index contributed by atoms with van der Waals surface area (Å²) in [6, 6.07) is 0.115. The number of carbonyl (C=O) groups excluding carboxylic acids is 1. The fourth-order valence-electron chi connectivity index (χ4n) is 4.71. The van der Waals surface area contributed by atoms with Crippen LogP contribution in [0, 0.1) is 6.92 Å². The number of ether oxygens (including phenoxy) is 1. The number of pyridine rings is 1. The van der Waals surface area contributed by atoms with Crippen LogP contribution in [0.2, 0.25) is 0 Å². The van der Waals surface area contributed by atoms with Crippen LogP contribution in [-0.2, 0) is 9.53 Å². The molecule has 8 nitrogen and oxygen atoms in total. The minimum Gasteiger partial charge on any atom is -0.396 e. The number of methoxy groups -OCH3 is 1. The summed E-state index contributed by atoms with van der Waals surface area (Å²) in [4.78, 5) is 21.8. The van der Waals surface area contributed by atoms with Crippen LogP contribution in [-0.4, -0.2) is 80.0 Å². The highest BCUT2D eigenvalue weighted by Crippen LogP contribution is 2.46. The molecule has 0 aromatic carbocycles. The summed E-state index contributed by atoms with van der Waals surface area (Å²) in [6.45, 7) is 7.74. The second-order valence-electron chi connectivity index (χ2n) is 8.88. The third-order valence-electron chi connectivity index (χ3n) is 6.56. The van der Waals surface area contributed by atoms with Gasteiger partial charge in [0.15, 0.2) is 5.82 Å². The number of aromatic nitrogens is 1. The zero-order chi connectivity index (χ0) is 21.4. The van der Waals surface area contributed by atoms with Crippen LogP contribution in [0.3, 0.4) is 0 Å². The van der Waals surface area contributed by atoms with E-state index >= 15 is 0 Å². The van der Waals surface area contributed by atoms with Crippen molar-refractivity contribution in [1.82, 2.24) is 14.9 Å². The predicted octanol–water partition coefficient (Wildman–Crippen LogP) is 1.94. The Morgan fingerprint density at radius 2 is 2.07 bits per heavy atom. The molecule has 1 unspecified atom stereocenters. The van der Waals surface area contributed by atoms with Crippen LogP contribution in [0.1, 0.15) is 54.8 Å². The molecule has 2 aliphatic heterocycles. The van der Waals surface area contributed by atoms with Crippen molar-refractivity contribution >= 4 is 23.6 Å². The highest BCUT2D eigenvalue weighted by atomic mass is 16.5. The maximum absolute atomic E-state index is 12.5. The molecule has 1 aromatic heterocycles. The Morgan fingerprint density at radius 3 is 2.67 bits per heavy atom. The number of nitrogens with zero attached hydrogens (tertiary/aromatic N) is 5. The van der Waals surface area contributed by atoms with E-state index in [4.69, 9.17) is 15.5 Å². The van der Waals surface area contributed by atoms with E-state index in [9.17, 15) is 4.79 Å². The van der Waals surface area contributed by atoms with E-state index in [2.05, 4.69) is 23.8 Å². The van der Waals surface area contributed by atoms with Crippen LogP contribution < -0.4 is 10.6 Å². The average molecular weight is 415 g/mol. The topological polar surface area (TPSA) is 87.3 Å². The number of nitrogens with two attached hydrogens (primary N) is 1. The molecule has 1 aliphatic carbocycles. The fourth-order valence-corrected chi connectivity index (χ4v) is 4.71. The number of hydrazone groups is 1. The summed E-state index contributed by atoms with van der Waals surface area (Å²) in [6.07, 6.45) is 4.85. The zero-order valence-corrected chi connectivity index (χ0v) is 18.6. The first-order chi connectivity index (χ1) is 14.4. The maximum atomic E-state index is 12.5. The minimum atomic E-state index is 0.115. The minimum absolute atomic E-state index is 0.115. The Kier molecular flexibility index (Phi) is 5.86. The van der Waals surface area contributed by atoms with Crippen molar-refractivity contribution in [3.63, 3.8) is 0 Å². The number of likely N-dealkylation sites (N-methyl/N-ethyl adjacent to an activating group) is 1. The van der Waals surface area contributed by atoms with Gasteiger partial charge in [0, 0.05) is 64.4 Å².